The number of piperazine rings is 1. The lowest BCUT2D eigenvalue weighted by molar-refractivity contribution is -0.104. The molecule has 0 unspecified atom stereocenters. The van der Waals surface area contributed by atoms with Gasteiger partial charge in [0.05, 0.1) is 7.11 Å². The molecule has 2 heterocycles. The number of aromatic nitrogens is 1. The first-order valence-electron chi connectivity index (χ1n) is 13.9. The van der Waals surface area contributed by atoms with Gasteiger partial charge in [0, 0.05) is 67.7 Å². The van der Waals surface area contributed by atoms with Gasteiger partial charge in [-0.3, -0.25) is 9.69 Å². The molecule has 0 spiro atoms. The first-order valence-corrected chi connectivity index (χ1v) is 13.9. The lowest BCUT2D eigenvalue weighted by Crippen LogP contribution is -2.47. The molecule has 0 bridgehead atoms. The number of fused-ring (bicyclic) bond motifs is 1. The summed E-state index contributed by atoms with van der Waals surface area (Å²) in [6, 6.07) is 22.4. The second kappa shape index (κ2) is 13.8. The van der Waals surface area contributed by atoms with Crippen LogP contribution in [0, 0.1) is 5.82 Å². The van der Waals surface area contributed by atoms with Crippen LogP contribution in [0.2, 0.25) is 0 Å². The molecule has 1 aliphatic heterocycles. The molecule has 8 heteroatoms. The Morgan fingerprint density at radius 1 is 1.02 bits per heavy atom. The zero-order valence-electron chi connectivity index (χ0n) is 23.3. The summed E-state index contributed by atoms with van der Waals surface area (Å²) in [6.07, 6.45) is 5.02. The van der Waals surface area contributed by atoms with E-state index in [0.717, 1.165) is 73.1 Å². The van der Waals surface area contributed by atoms with Crippen molar-refractivity contribution in [2.45, 2.75) is 13.0 Å². The third-order valence-corrected chi connectivity index (χ3v) is 7.29. The first-order chi connectivity index (χ1) is 20.1. The van der Waals surface area contributed by atoms with E-state index >= 15 is 0 Å². The maximum absolute atomic E-state index is 13.9. The van der Waals surface area contributed by atoms with E-state index < -0.39 is 0 Å². The summed E-state index contributed by atoms with van der Waals surface area (Å²) in [5.74, 6) is 1.93. The third kappa shape index (κ3) is 7.21. The molecule has 0 atom stereocenters. The van der Waals surface area contributed by atoms with Crippen LogP contribution >= 0.6 is 0 Å². The topological polar surface area (TPSA) is 66.9 Å². The molecular weight excluding hydrogens is 519 g/mol. The number of halogens is 1. The molecule has 7 nitrogen and oxygen atoms in total. The highest BCUT2D eigenvalue weighted by Gasteiger charge is 2.20. The fraction of sp³-hybridized carbons (Fsp3) is 0.273. The quantitative estimate of drug-likeness (QED) is 0.145. The van der Waals surface area contributed by atoms with Crippen LogP contribution in [-0.4, -0.2) is 62.5 Å². The predicted octanol–water partition coefficient (Wildman–Crippen LogP) is 5.30. The smallest absolute Gasteiger partial charge is 0.144 e. The molecular formula is C33H35FN4O3. The second-order valence-corrected chi connectivity index (χ2v) is 9.96. The Kier molecular flexibility index (Phi) is 9.44. The molecule has 1 saturated heterocycles. The van der Waals surface area contributed by atoms with Crippen molar-refractivity contribution in [2.75, 3.05) is 51.3 Å². The van der Waals surface area contributed by atoms with Crippen molar-refractivity contribution in [3.63, 3.8) is 0 Å². The van der Waals surface area contributed by atoms with Crippen LogP contribution in [0.25, 0.3) is 16.5 Å². The van der Waals surface area contributed by atoms with Gasteiger partial charge in [0.25, 0.3) is 0 Å². The molecule has 1 aromatic heterocycles. The number of nitrogens with zero attached hydrogens (tertiary/aromatic N) is 3. The molecule has 5 rings (SSSR count). The van der Waals surface area contributed by atoms with Crippen LogP contribution in [0.4, 0.5) is 10.2 Å². The third-order valence-electron chi connectivity index (χ3n) is 7.29. The standard InChI is InChI=1S/C33H35FN4O3/c1-40-32-23-28(41-24-25-6-3-2-4-7-25)10-11-29(32)31(13-21-39)35-14-5-16-37-17-19-38(20-18-37)33-30-22-27(34)9-8-26(30)12-15-36-33/h2-4,6-13,15,21-23,35H,5,14,16-20,24H2,1H3/b31-13+. The highest BCUT2D eigenvalue weighted by Crippen LogP contribution is 2.30. The van der Waals surface area contributed by atoms with Gasteiger partial charge in [-0.25, -0.2) is 9.37 Å². The average molecular weight is 555 g/mol. The summed E-state index contributed by atoms with van der Waals surface area (Å²) in [5, 5.41) is 5.26. The van der Waals surface area contributed by atoms with Crippen LogP contribution < -0.4 is 19.7 Å². The van der Waals surface area contributed by atoms with E-state index in [0.29, 0.717) is 30.3 Å². The van der Waals surface area contributed by atoms with Crippen molar-refractivity contribution in [1.29, 1.82) is 0 Å². The molecule has 1 aliphatic rings. The van der Waals surface area contributed by atoms with Crippen LogP contribution in [0.1, 0.15) is 17.5 Å². The zero-order valence-corrected chi connectivity index (χ0v) is 23.3. The SMILES string of the molecule is COc1cc(OCc2ccccc2)ccc1/C(=C\C=O)NCCCN1CCN(c2nccc3ccc(F)cc23)CC1. The largest absolute Gasteiger partial charge is 0.496 e. The Labute approximate surface area is 240 Å². The Morgan fingerprint density at radius 2 is 1.85 bits per heavy atom. The lowest BCUT2D eigenvalue weighted by Gasteiger charge is -2.36. The number of allylic oxidation sites excluding steroid dienone is 1. The Morgan fingerprint density at radius 3 is 2.63 bits per heavy atom. The molecule has 0 amide bonds. The van der Waals surface area contributed by atoms with Crippen molar-refractivity contribution in [3.8, 4) is 11.5 Å². The number of hydrogen-bond donors (Lipinski definition) is 1. The van der Waals surface area contributed by atoms with Gasteiger partial charge < -0.3 is 19.7 Å². The van der Waals surface area contributed by atoms with Gasteiger partial charge in [-0.2, -0.15) is 0 Å². The van der Waals surface area contributed by atoms with Crippen LogP contribution in [0.5, 0.6) is 11.5 Å². The Balaban J connectivity index is 1.12. The molecule has 1 fully saturated rings. The van der Waals surface area contributed by atoms with Gasteiger partial charge in [-0.1, -0.05) is 36.4 Å². The number of aldehydes is 1. The zero-order chi connectivity index (χ0) is 28.4. The van der Waals surface area contributed by atoms with Gasteiger partial charge in [-0.05, 0) is 54.2 Å². The summed E-state index contributed by atoms with van der Waals surface area (Å²) < 4.78 is 25.5. The van der Waals surface area contributed by atoms with Crippen molar-refractivity contribution in [3.05, 3.63) is 102 Å². The fourth-order valence-electron chi connectivity index (χ4n) is 5.12. The summed E-state index contributed by atoms with van der Waals surface area (Å²) in [4.78, 5) is 20.6. The number of rotatable bonds is 12. The summed E-state index contributed by atoms with van der Waals surface area (Å²) in [7, 11) is 1.61. The molecule has 4 aromatic rings. The monoisotopic (exact) mass is 554 g/mol. The molecule has 0 radical (unpaired) electrons. The van der Waals surface area contributed by atoms with Gasteiger partial charge in [0.15, 0.2) is 0 Å². The number of hydrogen-bond acceptors (Lipinski definition) is 7. The molecule has 212 valence electrons. The van der Waals surface area contributed by atoms with Crippen LogP contribution in [0.15, 0.2) is 85.1 Å². The van der Waals surface area contributed by atoms with E-state index in [1.807, 2.05) is 54.6 Å². The van der Waals surface area contributed by atoms with Gasteiger partial charge in [-0.15, -0.1) is 0 Å². The summed E-state index contributed by atoms with van der Waals surface area (Å²) in [6.45, 7) is 5.58. The van der Waals surface area contributed by atoms with Crippen molar-refractivity contribution >= 4 is 28.6 Å². The van der Waals surface area contributed by atoms with Crippen molar-refractivity contribution < 1.29 is 18.7 Å². The van der Waals surface area contributed by atoms with E-state index in [-0.39, 0.29) is 5.82 Å². The van der Waals surface area contributed by atoms with E-state index in [9.17, 15) is 9.18 Å². The minimum absolute atomic E-state index is 0.245. The predicted molar refractivity (Wildman–Crippen MR) is 161 cm³/mol. The number of pyridine rings is 1. The highest BCUT2D eigenvalue weighted by molar-refractivity contribution is 5.92. The molecule has 0 aliphatic carbocycles. The van der Waals surface area contributed by atoms with Crippen molar-refractivity contribution in [1.82, 2.24) is 15.2 Å². The second-order valence-electron chi connectivity index (χ2n) is 9.96. The van der Waals surface area contributed by atoms with Gasteiger partial charge in [0.2, 0.25) is 0 Å². The van der Waals surface area contributed by atoms with E-state index in [4.69, 9.17) is 9.47 Å². The van der Waals surface area contributed by atoms with E-state index in [1.165, 1.54) is 12.1 Å². The fourth-order valence-corrected chi connectivity index (χ4v) is 5.12. The normalized spacial score (nSPS) is 14.2. The number of carbonyl (C=O) groups excluding carboxylic acids is 1. The molecule has 0 saturated carbocycles. The Hall–Kier alpha value is -4.43. The lowest BCUT2D eigenvalue weighted by atomic mass is 10.1. The number of anilines is 1. The first kappa shape index (κ1) is 28.1. The van der Waals surface area contributed by atoms with Crippen LogP contribution in [-0.2, 0) is 11.4 Å². The number of nitrogens with one attached hydrogen (secondary N) is 1. The maximum atomic E-state index is 13.9. The maximum Gasteiger partial charge on any atom is 0.144 e. The van der Waals surface area contributed by atoms with Crippen molar-refractivity contribution in [2.24, 2.45) is 0 Å². The van der Waals surface area contributed by atoms with Gasteiger partial charge in [0.1, 0.15) is 36.0 Å². The minimum atomic E-state index is -0.245. The number of methoxy groups -OCH3 is 1. The number of carbonyl (C=O) groups is 1. The summed E-state index contributed by atoms with van der Waals surface area (Å²) in [5.41, 5.74) is 2.60. The average Bonchev–Trinajstić information content (AvgIpc) is 3.02. The summed E-state index contributed by atoms with van der Waals surface area (Å²) >= 11 is 0. The van der Waals surface area contributed by atoms with Crippen LogP contribution in [0.3, 0.4) is 0 Å². The number of benzene rings is 3. The minimum Gasteiger partial charge on any atom is -0.496 e. The van der Waals surface area contributed by atoms with E-state index in [1.54, 1.807) is 25.4 Å². The van der Waals surface area contributed by atoms with E-state index in [2.05, 4.69) is 20.1 Å². The molecule has 3 aromatic carbocycles. The Bertz CT molecular complexity index is 1490. The highest BCUT2D eigenvalue weighted by atomic mass is 19.1. The van der Waals surface area contributed by atoms with Gasteiger partial charge >= 0.3 is 0 Å². The molecule has 41 heavy (non-hydrogen) atoms. The number of ether oxygens (including phenoxy) is 2. The molecule has 1 N–H and O–H groups in total.